The molecule has 3 aromatic heterocycles. The number of nitrogens with one attached hydrogen (secondary N) is 2. The fourth-order valence-corrected chi connectivity index (χ4v) is 4.25. The Morgan fingerprint density at radius 2 is 1.77 bits per heavy atom. The van der Waals surface area contributed by atoms with Gasteiger partial charge in [-0.3, -0.25) is 9.78 Å². The third-order valence-corrected chi connectivity index (χ3v) is 6.07. The molecule has 0 bridgehead atoms. The van der Waals surface area contributed by atoms with E-state index < -0.39 is 0 Å². The fourth-order valence-electron chi connectivity index (χ4n) is 4.25. The molecule has 2 aromatic carbocycles. The van der Waals surface area contributed by atoms with E-state index in [9.17, 15) is 4.79 Å². The number of carbonyl (C=O) groups is 1. The monoisotopic (exact) mass is 462 g/mol. The molecule has 0 aliphatic rings. The normalized spacial score (nSPS) is 11.0. The van der Waals surface area contributed by atoms with E-state index >= 15 is 0 Å². The van der Waals surface area contributed by atoms with Crippen molar-refractivity contribution in [2.24, 2.45) is 0 Å². The highest BCUT2D eigenvalue weighted by Gasteiger charge is 2.12. The molecule has 0 atom stereocenters. The van der Waals surface area contributed by atoms with Crippen molar-refractivity contribution < 1.29 is 4.79 Å². The van der Waals surface area contributed by atoms with Crippen molar-refractivity contribution in [3.05, 3.63) is 101 Å². The van der Waals surface area contributed by atoms with Gasteiger partial charge in [0.25, 0.3) is 5.91 Å². The van der Waals surface area contributed by atoms with Gasteiger partial charge in [-0.15, -0.1) is 0 Å². The lowest BCUT2D eigenvalue weighted by atomic mass is 10.0. The summed E-state index contributed by atoms with van der Waals surface area (Å²) in [5, 5.41) is 9.12. The minimum absolute atomic E-state index is 0.172. The van der Waals surface area contributed by atoms with Crippen LogP contribution in [0, 0.1) is 6.92 Å². The summed E-state index contributed by atoms with van der Waals surface area (Å²) in [5.41, 5.74) is 11.5. The number of hydrogen-bond acceptors (Lipinski definition) is 6. The molecule has 174 valence electrons. The van der Waals surface area contributed by atoms with Gasteiger partial charge in [0.15, 0.2) is 0 Å². The lowest BCUT2D eigenvalue weighted by molar-refractivity contribution is 0.0950. The SMILES string of the molecule is CNc1ncc(C(=O)NCc2ccc3c(N)nccc3c2)cc1Cc1ccc2nc(C)ccc2c1. The summed E-state index contributed by atoms with van der Waals surface area (Å²) in [6.07, 6.45) is 3.93. The Morgan fingerprint density at radius 1 is 0.943 bits per heavy atom. The van der Waals surface area contributed by atoms with Crippen molar-refractivity contribution in [3.63, 3.8) is 0 Å². The highest BCUT2D eigenvalue weighted by Crippen LogP contribution is 2.22. The van der Waals surface area contributed by atoms with E-state index in [0.717, 1.165) is 49.9 Å². The number of aryl methyl sites for hydroxylation is 1. The van der Waals surface area contributed by atoms with E-state index in [1.165, 1.54) is 0 Å². The Balaban J connectivity index is 1.34. The molecular formula is C28H26N6O. The highest BCUT2D eigenvalue weighted by atomic mass is 16.1. The smallest absolute Gasteiger partial charge is 0.253 e. The maximum Gasteiger partial charge on any atom is 0.253 e. The maximum atomic E-state index is 12.9. The first-order valence-corrected chi connectivity index (χ1v) is 11.4. The van der Waals surface area contributed by atoms with Gasteiger partial charge in [0.2, 0.25) is 0 Å². The summed E-state index contributed by atoms with van der Waals surface area (Å²) in [6, 6.07) is 20.0. The Hall–Kier alpha value is -4.52. The van der Waals surface area contributed by atoms with Crippen LogP contribution in [0.25, 0.3) is 21.7 Å². The lowest BCUT2D eigenvalue weighted by Gasteiger charge is -2.12. The second-order valence-corrected chi connectivity index (χ2v) is 8.57. The molecule has 1 amide bonds. The van der Waals surface area contributed by atoms with Crippen molar-refractivity contribution in [2.75, 3.05) is 18.1 Å². The molecule has 4 N–H and O–H groups in total. The largest absolute Gasteiger partial charge is 0.383 e. The number of carbonyl (C=O) groups excluding carboxylic acids is 1. The average molecular weight is 463 g/mol. The first kappa shape index (κ1) is 22.3. The number of aromatic nitrogens is 3. The number of fused-ring (bicyclic) bond motifs is 2. The van der Waals surface area contributed by atoms with E-state index in [2.05, 4.69) is 43.8 Å². The highest BCUT2D eigenvalue weighted by molar-refractivity contribution is 5.95. The van der Waals surface area contributed by atoms with Crippen LogP contribution in [0.3, 0.4) is 0 Å². The second-order valence-electron chi connectivity index (χ2n) is 8.57. The van der Waals surface area contributed by atoms with Gasteiger partial charge in [-0.25, -0.2) is 9.97 Å². The summed E-state index contributed by atoms with van der Waals surface area (Å²) in [7, 11) is 1.83. The molecule has 5 rings (SSSR count). The number of pyridine rings is 3. The van der Waals surface area contributed by atoms with Gasteiger partial charge in [-0.1, -0.05) is 24.3 Å². The summed E-state index contributed by atoms with van der Waals surface area (Å²) in [6.45, 7) is 2.39. The Labute approximate surface area is 203 Å². The minimum Gasteiger partial charge on any atom is -0.383 e. The van der Waals surface area contributed by atoms with Crippen LogP contribution in [0.4, 0.5) is 11.6 Å². The second kappa shape index (κ2) is 9.38. The number of hydrogen-bond donors (Lipinski definition) is 3. The van der Waals surface area contributed by atoms with Crippen LogP contribution in [-0.4, -0.2) is 27.9 Å². The van der Waals surface area contributed by atoms with Crippen molar-refractivity contribution >= 4 is 39.2 Å². The number of nitrogen functional groups attached to an aromatic ring is 1. The van der Waals surface area contributed by atoms with Gasteiger partial charge < -0.3 is 16.4 Å². The van der Waals surface area contributed by atoms with Crippen molar-refractivity contribution in [1.29, 1.82) is 0 Å². The topological polar surface area (TPSA) is 106 Å². The molecular weight excluding hydrogens is 436 g/mol. The van der Waals surface area contributed by atoms with Gasteiger partial charge in [0, 0.05) is 48.9 Å². The van der Waals surface area contributed by atoms with Crippen LogP contribution >= 0.6 is 0 Å². The average Bonchev–Trinajstić information content (AvgIpc) is 2.87. The van der Waals surface area contributed by atoms with E-state index in [0.29, 0.717) is 24.3 Å². The molecule has 0 saturated carbocycles. The van der Waals surface area contributed by atoms with Crippen molar-refractivity contribution in [1.82, 2.24) is 20.3 Å². The van der Waals surface area contributed by atoms with Gasteiger partial charge in [0.05, 0.1) is 11.1 Å². The van der Waals surface area contributed by atoms with Crippen LogP contribution in [0.1, 0.15) is 32.7 Å². The quantitative estimate of drug-likeness (QED) is 0.340. The molecule has 0 radical (unpaired) electrons. The molecule has 3 heterocycles. The van der Waals surface area contributed by atoms with Gasteiger partial charge in [-0.2, -0.15) is 0 Å². The first-order chi connectivity index (χ1) is 17.0. The van der Waals surface area contributed by atoms with Crippen LogP contribution in [0.2, 0.25) is 0 Å². The van der Waals surface area contributed by atoms with Gasteiger partial charge >= 0.3 is 0 Å². The Bertz CT molecular complexity index is 1560. The molecule has 0 unspecified atom stereocenters. The predicted octanol–water partition coefficient (Wildman–Crippen LogP) is 4.63. The van der Waals surface area contributed by atoms with Crippen molar-refractivity contribution in [2.45, 2.75) is 19.9 Å². The standard InChI is InChI=1S/C28H26N6O/c1-17-3-6-21-11-18(5-8-25(21)34-17)12-22-14-23(16-32-27(22)30-2)28(35)33-15-19-4-7-24-20(13-19)9-10-31-26(24)29/h3-11,13-14,16H,12,15H2,1-2H3,(H2,29,31)(H,30,32)(H,33,35). The summed E-state index contributed by atoms with van der Waals surface area (Å²) < 4.78 is 0. The van der Waals surface area contributed by atoms with Gasteiger partial charge in [0.1, 0.15) is 11.6 Å². The predicted molar refractivity (Wildman–Crippen MR) is 140 cm³/mol. The minimum atomic E-state index is -0.172. The lowest BCUT2D eigenvalue weighted by Crippen LogP contribution is -2.23. The van der Waals surface area contributed by atoms with E-state index in [1.807, 2.05) is 56.4 Å². The van der Waals surface area contributed by atoms with Crippen LogP contribution in [-0.2, 0) is 13.0 Å². The Morgan fingerprint density at radius 3 is 2.63 bits per heavy atom. The number of anilines is 2. The third-order valence-electron chi connectivity index (χ3n) is 6.07. The van der Waals surface area contributed by atoms with E-state index in [1.54, 1.807) is 12.4 Å². The van der Waals surface area contributed by atoms with Gasteiger partial charge in [-0.05, 0) is 65.4 Å². The summed E-state index contributed by atoms with van der Waals surface area (Å²) in [5.74, 6) is 1.08. The zero-order valence-corrected chi connectivity index (χ0v) is 19.7. The van der Waals surface area contributed by atoms with Crippen LogP contribution < -0.4 is 16.4 Å². The van der Waals surface area contributed by atoms with Crippen molar-refractivity contribution in [3.8, 4) is 0 Å². The molecule has 5 aromatic rings. The molecule has 0 spiro atoms. The van der Waals surface area contributed by atoms with Crippen LogP contribution in [0.15, 0.2) is 73.1 Å². The first-order valence-electron chi connectivity index (χ1n) is 11.4. The van der Waals surface area contributed by atoms with Crippen LogP contribution in [0.5, 0.6) is 0 Å². The zero-order chi connectivity index (χ0) is 24.4. The van der Waals surface area contributed by atoms with E-state index in [4.69, 9.17) is 5.73 Å². The zero-order valence-electron chi connectivity index (χ0n) is 19.7. The number of amides is 1. The molecule has 0 fully saturated rings. The Kier molecular flexibility index (Phi) is 5.97. The maximum absolute atomic E-state index is 12.9. The summed E-state index contributed by atoms with van der Waals surface area (Å²) in [4.78, 5) is 26.1. The molecule has 35 heavy (non-hydrogen) atoms. The molecule has 0 aliphatic heterocycles. The molecule has 0 aliphatic carbocycles. The third kappa shape index (κ3) is 4.75. The molecule has 0 saturated heterocycles. The fraction of sp³-hybridized carbons (Fsp3) is 0.143. The number of nitrogens with two attached hydrogens (primary N) is 1. The number of rotatable bonds is 6. The molecule has 7 nitrogen and oxygen atoms in total. The number of benzene rings is 2. The number of nitrogens with zero attached hydrogens (tertiary/aromatic N) is 3. The van der Waals surface area contributed by atoms with E-state index in [-0.39, 0.29) is 5.91 Å². The molecule has 7 heteroatoms. The summed E-state index contributed by atoms with van der Waals surface area (Å²) >= 11 is 0.